The first-order chi connectivity index (χ1) is 12.4. The van der Waals surface area contributed by atoms with Crippen LogP contribution >= 0.6 is 24.8 Å². The average molecular weight is 380 g/mol. The Bertz CT molecular complexity index is 1030. The van der Waals surface area contributed by atoms with E-state index in [0.717, 1.165) is 32.8 Å². The summed E-state index contributed by atoms with van der Waals surface area (Å²) < 4.78 is 0. The van der Waals surface area contributed by atoms with Gasteiger partial charge in [0.1, 0.15) is 0 Å². The second-order valence-corrected chi connectivity index (χ2v) is 7.38. The molecule has 0 radical (unpaired) electrons. The lowest BCUT2D eigenvalue weighted by Crippen LogP contribution is -2.35. The van der Waals surface area contributed by atoms with Crippen molar-refractivity contribution < 1.29 is 10.2 Å². The van der Waals surface area contributed by atoms with Crippen LogP contribution in [0, 0.1) is 6.92 Å². The Labute approximate surface area is 162 Å². The van der Waals surface area contributed by atoms with Gasteiger partial charge in [0.05, 0.1) is 10.4 Å². The number of aromatic hydroxyl groups is 2. The summed E-state index contributed by atoms with van der Waals surface area (Å²) in [4.78, 5) is 1.50. The van der Waals surface area contributed by atoms with Gasteiger partial charge in [-0.3, -0.25) is 0 Å². The van der Waals surface area contributed by atoms with E-state index in [-0.39, 0.29) is 11.5 Å². The molecule has 5 heteroatoms. The van der Waals surface area contributed by atoms with E-state index in [0.29, 0.717) is 4.99 Å². The van der Waals surface area contributed by atoms with Gasteiger partial charge in [0.15, 0.2) is 11.5 Å². The van der Waals surface area contributed by atoms with Crippen LogP contribution in [0.3, 0.4) is 0 Å². The molecule has 130 valence electrons. The van der Waals surface area contributed by atoms with Crippen LogP contribution in [0.15, 0.2) is 65.6 Å². The molecular weight excluding hydrogens is 362 g/mol. The molecule has 1 aliphatic rings. The van der Waals surface area contributed by atoms with E-state index in [2.05, 4.69) is 17.9 Å². The molecule has 0 fully saturated rings. The maximum absolute atomic E-state index is 10.1. The van der Waals surface area contributed by atoms with Crippen LogP contribution in [0.25, 0.3) is 0 Å². The smallest absolute Gasteiger partial charge is 0.157 e. The van der Waals surface area contributed by atoms with Crippen LogP contribution in [0.5, 0.6) is 11.5 Å². The Kier molecular flexibility index (Phi) is 3.93. The van der Waals surface area contributed by atoms with Gasteiger partial charge < -0.3 is 15.5 Å². The van der Waals surface area contributed by atoms with Crippen molar-refractivity contribution in [2.75, 3.05) is 5.32 Å². The monoisotopic (exact) mass is 379 g/mol. The van der Waals surface area contributed by atoms with Crippen LogP contribution in [0.2, 0.25) is 0 Å². The maximum atomic E-state index is 10.1. The molecule has 0 aliphatic carbocycles. The van der Waals surface area contributed by atoms with Gasteiger partial charge in [0.2, 0.25) is 0 Å². The maximum Gasteiger partial charge on any atom is 0.157 e. The molecule has 1 heterocycles. The standard InChI is InChI=1S/C21H17NO2S2/c1-12-3-2-4-16-19(12)22-20(26)21(16,13-5-8-15(25)9-6-13)14-7-10-17(23)18(24)11-14/h2-11,23-25H,1H3,(H,22,26). The summed E-state index contributed by atoms with van der Waals surface area (Å²) in [7, 11) is 0. The van der Waals surface area contributed by atoms with Crippen molar-refractivity contribution in [3.8, 4) is 11.5 Å². The average Bonchev–Trinajstić information content (AvgIpc) is 2.92. The van der Waals surface area contributed by atoms with Crippen LogP contribution in [-0.2, 0) is 5.41 Å². The van der Waals surface area contributed by atoms with E-state index in [9.17, 15) is 10.2 Å². The Morgan fingerprint density at radius 1 is 0.923 bits per heavy atom. The van der Waals surface area contributed by atoms with E-state index < -0.39 is 5.41 Å². The van der Waals surface area contributed by atoms with E-state index >= 15 is 0 Å². The minimum Gasteiger partial charge on any atom is -0.504 e. The molecule has 1 aliphatic heterocycles. The molecule has 4 rings (SSSR count). The zero-order chi connectivity index (χ0) is 18.5. The van der Waals surface area contributed by atoms with Crippen molar-refractivity contribution in [3.63, 3.8) is 0 Å². The Morgan fingerprint density at radius 2 is 1.62 bits per heavy atom. The summed E-state index contributed by atoms with van der Waals surface area (Å²) in [6.45, 7) is 2.04. The predicted octanol–water partition coefficient (Wildman–Crippen LogP) is 4.78. The second-order valence-electron chi connectivity index (χ2n) is 6.45. The lowest BCUT2D eigenvalue weighted by molar-refractivity contribution is 0.403. The molecular formula is C21H17NO2S2. The summed E-state index contributed by atoms with van der Waals surface area (Å²) in [5.74, 6) is -0.326. The molecule has 1 unspecified atom stereocenters. The molecule has 3 aromatic rings. The molecule has 0 saturated carbocycles. The van der Waals surface area contributed by atoms with Gasteiger partial charge in [-0.05, 0) is 53.4 Å². The van der Waals surface area contributed by atoms with E-state index in [1.54, 1.807) is 12.1 Å². The number of rotatable bonds is 2. The minimum atomic E-state index is -0.747. The largest absolute Gasteiger partial charge is 0.504 e. The highest BCUT2D eigenvalue weighted by atomic mass is 32.1. The number of phenols is 2. The van der Waals surface area contributed by atoms with Gasteiger partial charge in [-0.2, -0.15) is 0 Å². The van der Waals surface area contributed by atoms with Gasteiger partial charge in [-0.25, -0.2) is 0 Å². The number of benzene rings is 3. The molecule has 0 aromatic heterocycles. The number of phenolic OH excluding ortho intramolecular Hbond substituents is 2. The summed E-state index contributed by atoms with van der Waals surface area (Å²) >= 11 is 10.2. The number of anilines is 1. The molecule has 0 bridgehead atoms. The fraction of sp³-hybridized carbons (Fsp3) is 0.0952. The van der Waals surface area contributed by atoms with Gasteiger partial charge in [-0.1, -0.05) is 48.6 Å². The third-order valence-corrected chi connectivity index (χ3v) is 5.67. The van der Waals surface area contributed by atoms with Crippen LogP contribution in [0.1, 0.15) is 22.3 Å². The number of nitrogens with one attached hydrogen (secondary N) is 1. The van der Waals surface area contributed by atoms with Crippen molar-refractivity contribution in [1.29, 1.82) is 0 Å². The summed E-state index contributed by atoms with van der Waals surface area (Å²) in [5.41, 5.74) is 4.13. The molecule has 0 amide bonds. The third kappa shape index (κ3) is 2.31. The zero-order valence-electron chi connectivity index (χ0n) is 14.0. The highest BCUT2D eigenvalue weighted by molar-refractivity contribution is 7.81. The van der Waals surface area contributed by atoms with E-state index in [1.807, 2.05) is 49.4 Å². The summed E-state index contributed by atoms with van der Waals surface area (Å²) in [6, 6.07) is 18.8. The van der Waals surface area contributed by atoms with Crippen molar-refractivity contribution in [1.82, 2.24) is 0 Å². The molecule has 0 spiro atoms. The number of para-hydroxylation sites is 1. The van der Waals surface area contributed by atoms with Crippen molar-refractivity contribution >= 4 is 35.5 Å². The molecule has 3 N–H and O–H groups in total. The second kappa shape index (κ2) is 6.04. The van der Waals surface area contributed by atoms with Crippen molar-refractivity contribution in [3.05, 3.63) is 82.9 Å². The first kappa shape index (κ1) is 16.9. The van der Waals surface area contributed by atoms with Crippen LogP contribution in [0.4, 0.5) is 5.69 Å². The number of thiocarbonyl (C=S) groups is 1. The summed E-state index contributed by atoms with van der Waals surface area (Å²) in [6.07, 6.45) is 0. The first-order valence-corrected chi connectivity index (χ1v) is 9.03. The lowest BCUT2D eigenvalue weighted by Gasteiger charge is -2.31. The molecule has 3 nitrogen and oxygen atoms in total. The topological polar surface area (TPSA) is 52.5 Å². The number of thiol groups is 1. The number of aryl methyl sites for hydroxylation is 1. The fourth-order valence-electron chi connectivity index (χ4n) is 3.68. The molecule has 26 heavy (non-hydrogen) atoms. The van der Waals surface area contributed by atoms with Crippen LogP contribution < -0.4 is 5.32 Å². The molecule has 0 saturated heterocycles. The third-order valence-electron chi connectivity index (χ3n) is 4.96. The van der Waals surface area contributed by atoms with E-state index in [1.165, 1.54) is 6.07 Å². The van der Waals surface area contributed by atoms with Gasteiger partial charge >= 0.3 is 0 Å². The highest BCUT2D eigenvalue weighted by Crippen LogP contribution is 2.50. The molecule has 1 atom stereocenters. The Morgan fingerprint density at radius 3 is 2.31 bits per heavy atom. The highest BCUT2D eigenvalue weighted by Gasteiger charge is 2.47. The summed E-state index contributed by atoms with van der Waals surface area (Å²) in [5, 5.41) is 23.3. The van der Waals surface area contributed by atoms with Crippen molar-refractivity contribution in [2.24, 2.45) is 0 Å². The van der Waals surface area contributed by atoms with E-state index in [4.69, 9.17) is 12.2 Å². The van der Waals surface area contributed by atoms with Crippen molar-refractivity contribution in [2.45, 2.75) is 17.2 Å². The van der Waals surface area contributed by atoms with Crippen LogP contribution in [-0.4, -0.2) is 15.2 Å². The minimum absolute atomic E-state index is 0.157. The predicted molar refractivity (Wildman–Crippen MR) is 111 cm³/mol. The quantitative estimate of drug-likeness (QED) is 0.294. The van der Waals surface area contributed by atoms with Gasteiger partial charge in [0.25, 0.3) is 0 Å². The SMILES string of the molecule is Cc1cccc2c1NC(=S)C2(c1ccc(S)cc1)c1ccc(O)c(O)c1. The Balaban J connectivity index is 2.09. The van der Waals surface area contributed by atoms with Gasteiger partial charge in [-0.15, -0.1) is 12.6 Å². The number of hydrogen-bond donors (Lipinski definition) is 4. The lowest BCUT2D eigenvalue weighted by atomic mass is 9.70. The Hall–Kier alpha value is -2.50. The number of fused-ring (bicyclic) bond motifs is 1. The zero-order valence-corrected chi connectivity index (χ0v) is 15.7. The first-order valence-electron chi connectivity index (χ1n) is 8.18. The fourth-order valence-corrected chi connectivity index (χ4v) is 4.28. The normalized spacial score (nSPS) is 18.5. The number of hydrogen-bond acceptors (Lipinski definition) is 4. The van der Waals surface area contributed by atoms with Gasteiger partial charge in [0, 0.05) is 10.6 Å². The molecule has 3 aromatic carbocycles.